The summed E-state index contributed by atoms with van der Waals surface area (Å²) in [7, 11) is 0. The summed E-state index contributed by atoms with van der Waals surface area (Å²) in [5.74, 6) is -0.670. The molecule has 0 aliphatic carbocycles. The number of phenolic OH excluding ortho intramolecular Hbond substituents is 1. The van der Waals surface area contributed by atoms with Crippen LogP contribution in [0.4, 0.5) is 8.78 Å². The largest absolute Gasteiger partial charge is 0.508 e. The van der Waals surface area contributed by atoms with Gasteiger partial charge < -0.3 is 20.1 Å². The molecule has 0 amide bonds. The Kier molecular flexibility index (Phi) is 8.91. The molecule has 0 radical (unpaired) electrons. The maximum absolute atomic E-state index is 13.4. The Morgan fingerprint density at radius 1 is 0.818 bits per heavy atom. The number of likely N-dealkylation sites (N-methyl/N-ethyl adjacent to an activating group) is 1. The number of nitrogens with zero attached hydrogens (tertiary/aromatic N) is 1. The van der Waals surface area contributed by atoms with Gasteiger partial charge in [0.25, 0.3) is 0 Å². The summed E-state index contributed by atoms with van der Waals surface area (Å²) in [6.07, 6.45) is -2.28. The first kappa shape index (κ1) is 24.8. The molecule has 0 aromatic heterocycles. The minimum absolute atomic E-state index is 0.0157. The van der Waals surface area contributed by atoms with Crippen LogP contribution in [0.5, 0.6) is 5.75 Å². The third-order valence-electron chi connectivity index (χ3n) is 5.40. The van der Waals surface area contributed by atoms with Gasteiger partial charge in [-0.1, -0.05) is 43.3 Å². The molecule has 0 bridgehead atoms. The van der Waals surface area contributed by atoms with Gasteiger partial charge in [-0.25, -0.2) is 8.78 Å². The van der Waals surface area contributed by atoms with E-state index in [9.17, 15) is 24.1 Å². The molecule has 0 saturated carbocycles. The Bertz CT molecular complexity index is 952. The molecule has 0 unspecified atom stereocenters. The molecule has 0 heterocycles. The maximum atomic E-state index is 13.4. The summed E-state index contributed by atoms with van der Waals surface area (Å²) in [5.41, 5.74) is 1.95. The highest BCUT2D eigenvalue weighted by Gasteiger charge is 2.20. The second-order valence-corrected chi connectivity index (χ2v) is 7.93. The topological polar surface area (TPSA) is 73.2 Å². The van der Waals surface area contributed by atoms with Gasteiger partial charge in [-0.3, -0.25) is 4.90 Å². The minimum atomic E-state index is -0.857. The van der Waals surface area contributed by atoms with Gasteiger partial charge >= 0.3 is 0 Å². The molecule has 0 aliphatic rings. The number of halogens is 2. The predicted octanol–water partition coefficient (Wildman–Crippen LogP) is 4.19. The van der Waals surface area contributed by atoms with Crippen LogP contribution < -0.4 is 0 Å². The molecule has 0 saturated heterocycles. The zero-order valence-electron chi connectivity index (χ0n) is 18.4. The Morgan fingerprint density at radius 2 is 1.39 bits per heavy atom. The quantitative estimate of drug-likeness (QED) is 0.403. The van der Waals surface area contributed by atoms with Crippen molar-refractivity contribution in [1.29, 1.82) is 0 Å². The molecule has 176 valence electrons. The van der Waals surface area contributed by atoms with E-state index in [1.54, 1.807) is 36.4 Å². The van der Waals surface area contributed by atoms with Crippen LogP contribution in [0, 0.1) is 11.6 Å². The number of rotatable bonds is 11. The second-order valence-electron chi connectivity index (χ2n) is 7.93. The van der Waals surface area contributed by atoms with Gasteiger partial charge in [0, 0.05) is 13.1 Å². The van der Waals surface area contributed by atoms with Crippen molar-refractivity contribution < 1.29 is 28.8 Å². The van der Waals surface area contributed by atoms with E-state index in [-0.39, 0.29) is 37.1 Å². The van der Waals surface area contributed by atoms with Crippen LogP contribution >= 0.6 is 0 Å². The first-order valence-corrected chi connectivity index (χ1v) is 10.9. The van der Waals surface area contributed by atoms with Crippen molar-refractivity contribution in [3.63, 3.8) is 0 Å². The highest BCUT2D eigenvalue weighted by Crippen LogP contribution is 2.27. The fourth-order valence-electron chi connectivity index (χ4n) is 3.63. The number of hydrogen-bond donors (Lipinski definition) is 3. The van der Waals surface area contributed by atoms with Crippen LogP contribution in [0.2, 0.25) is 0 Å². The molecular weight excluding hydrogens is 428 g/mol. The number of aliphatic hydroxyl groups is 2. The minimum Gasteiger partial charge on any atom is -0.508 e. The summed E-state index contributed by atoms with van der Waals surface area (Å²) in [6, 6.07) is 18.1. The normalized spacial score (nSPS) is 13.4. The molecule has 3 aromatic carbocycles. The van der Waals surface area contributed by atoms with Crippen molar-refractivity contribution in [3.8, 4) is 5.75 Å². The van der Waals surface area contributed by atoms with Gasteiger partial charge in [0.1, 0.15) is 23.5 Å². The number of phenols is 1. The first-order valence-electron chi connectivity index (χ1n) is 10.9. The molecule has 5 nitrogen and oxygen atoms in total. The lowest BCUT2D eigenvalue weighted by Gasteiger charge is -2.27. The third kappa shape index (κ3) is 7.33. The van der Waals surface area contributed by atoms with Gasteiger partial charge in [-0.15, -0.1) is 0 Å². The van der Waals surface area contributed by atoms with E-state index in [0.29, 0.717) is 23.2 Å². The molecule has 3 aromatic rings. The van der Waals surface area contributed by atoms with Gasteiger partial charge in [-0.2, -0.15) is 0 Å². The maximum Gasteiger partial charge on any atom is 0.123 e. The molecular formula is C26H29F2NO4. The van der Waals surface area contributed by atoms with E-state index in [1.807, 2.05) is 11.8 Å². The fourth-order valence-corrected chi connectivity index (χ4v) is 3.63. The Balaban J connectivity index is 1.63. The van der Waals surface area contributed by atoms with Gasteiger partial charge in [0.2, 0.25) is 0 Å². The van der Waals surface area contributed by atoms with E-state index in [0.717, 1.165) is 0 Å². The van der Waals surface area contributed by atoms with E-state index in [2.05, 4.69) is 0 Å². The van der Waals surface area contributed by atoms with Crippen molar-refractivity contribution >= 4 is 0 Å². The van der Waals surface area contributed by atoms with Gasteiger partial charge in [0.05, 0.1) is 18.8 Å². The van der Waals surface area contributed by atoms with Gasteiger partial charge in [-0.05, 0) is 59.6 Å². The number of aromatic hydroxyl groups is 1. The Hall–Kier alpha value is -2.84. The molecule has 33 heavy (non-hydrogen) atoms. The number of hydrogen-bond acceptors (Lipinski definition) is 5. The van der Waals surface area contributed by atoms with Crippen molar-refractivity contribution in [1.82, 2.24) is 4.90 Å². The van der Waals surface area contributed by atoms with Crippen molar-refractivity contribution in [2.45, 2.75) is 25.2 Å². The average molecular weight is 458 g/mol. The molecule has 7 heteroatoms. The fraction of sp³-hybridized carbons (Fsp3) is 0.308. The number of benzene rings is 3. The zero-order valence-corrected chi connectivity index (χ0v) is 18.4. The lowest BCUT2D eigenvalue weighted by Crippen LogP contribution is -2.37. The first-order chi connectivity index (χ1) is 15.9. The lowest BCUT2D eigenvalue weighted by molar-refractivity contribution is -0.0132. The van der Waals surface area contributed by atoms with Crippen molar-refractivity contribution in [2.75, 3.05) is 26.2 Å². The second kappa shape index (κ2) is 11.9. The summed E-state index contributed by atoms with van der Waals surface area (Å²) in [6.45, 7) is 3.02. The summed E-state index contributed by atoms with van der Waals surface area (Å²) in [5, 5.41) is 30.7. The molecule has 0 aliphatic heterocycles. The summed E-state index contributed by atoms with van der Waals surface area (Å²) >= 11 is 0. The molecule has 0 fully saturated rings. The smallest absolute Gasteiger partial charge is 0.123 e. The Labute approximate surface area is 192 Å². The van der Waals surface area contributed by atoms with Crippen LogP contribution in [0.1, 0.15) is 35.8 Å². The van der Waals surface area contributed by atoms with E-state index < -0.39 is 18.3 Å². The molecule has 3 rings (SSSR count). The van der Waals surface area contributed by atoms with Crippen LogP contribution in [-0.4, -0.2) is 52.6 Å². The van der Waals surface area contributed by atoms with E-state index in [1.165, 1.54) is 36.4 Å². The highest BCUT2D eigenvalue weighted by atomic mass is 19.1. The van der Waals surface area contributed by atoms with Crippen LogP contribution in [-0.2, 0) is 4.74 Å². The molecule has 0 spiro atoms. The molecule has 2 atom stereocenters. The lowest BCUT2D eigenvalue weighted by atomic mass is 10.0. The average Bonchev–Trinajstić information content (AvgIpc) is 2.81. The predicted molar refractivity (Wildman–Crippen MR) is 122 cm³/mol. The van der Waals surface area contributed by atoms with Crippen LogP contribution in [0.15, 0.2) is 72.8 Å². The third-order valence-corrected chi connectivity index (χ3v) is 5.40. The van der Waals surface area contributed by atoms with Gasteiger partial charge in [0.15, 0.2) is 0 Å². The monoisotopic (exact) mass is 457 g/mol. The molecule has 3 N–H and O–H groups in total. The standard InChI is InChI=1S/C26H29F2NO4/c1-2-29(16-25(32)20-4-3-5-23(30)14-20)15-24(31)17-33-26(18-6-10-21(27)11-7-18)19-8-12-22(28)13-9-19/h3-14,24-26,30-32H,2,15-17H2,1H3/t24-,25-/m0/s1. The van der Waals surface area contributed by atoms with Crippen molar-refractivity contribution in [3.05, 3.63) is 101 Å². The van der Waals surface area contributed by atoms with Crippen molar-refractivity contribution in [2.24, 2.45) is 0 Å². The summed E-state index contributed by atoms with van der Waals surface area (Å²) < 4.78 is 32.8. The number of ether oxygens (including phenoxy) is 1. The number of aliphatic hydroxyl groups excluding tert-OH is 2. The van der Waals surface area contributed by atoms with E-state index in [4.69, 9.17) is 4.74 Å². The summed E-state index contributed by atoms with van der Waals surface area (Å²) in [4.78, 5) is 1.88. The van der Waals surface area contributed by atoms with Crippen LogP contribution in [0.3, 0.4) is 0 Å². The zero-order chi connectivity index (χ0) is 23.8. The SMILES string of the molecule is CCN(C[C@H](O)COC(c1ccc(F)cc1)c1ccc(F)cc1)C[C@H](O)c1cccc(O)c1. The van der Waals surface area contributed by atoms with Crippen LogP contribution in [0.25, 0.3) is 0 Å². The van der Waals surface area contributed by atoms with E-state index >= 15 is 0 Å². The Morgan fingerprint density at radius 3 is 1.91 bits per heavy atom. The highest BCUT2D eigenvalue weighted by molar-refractivity contribution is 5.31.